The topological polar surface area (TPSA) is 169 Å². The van der Waals surface area contributed by atoms with Crippen LogP contribution in [0.2, 0.25) is 0 Å². The number of primary amides is 1. The minimum absolute atomic E-state index is 0.133. The number of aromatic amines is 1. The van der Waals surface area contributed by atoms with Crippen LogP contribution in [0.25, 0.3) is 0 Å². The molecule has 1 aromatic rings. The zero-order valence-electron chi connectivity index (χ0n) is 14.8. The van der Waals surface area contributed by atoms with Gasteiger partial charge in [-0.25, -0.2) is 4.98 Å². The number of hydrogen-bond donors (Lipinski definition) is 2. The molecule has 3 N–H and O–H groups in total. The average molecular weight is 385 g/mol. The fourth-order valence-corrected chi connectivity index (χ4v) is 2.47. The van der Waals surface area contributed by atoms with E-state index in [-0.39, 0.29) is 18.2 Å². The molecule has 1 amide bonds. The van der Waals surface area contributed by atoms with E-state index < -0.39 is 48.4 Å². The van der Waals surface area contributed by atoms with Gasteiger partial charge in [-0.1, -0.05) is 0 Å². The van der Waals surface area contributed by atoms with E-state index in [1.165, 1.54) is 6.33 Å². The molecule has 1 fully saturated rings. The first kappa shape index (κ1) is 20.2. The highest BCUT2D eigenvalue weighted by atomic mass is 16.7. The number of nitrogens with zero attached hydrogens (tertiary/aromatic N) is 1. The van der Waals surface area contributed by atoms with E-state index in [1.54, 1.807) is 0 Å². The highest BCUT2D eigenvalue weighted by molar-refractivity contribution is 5.93. The number of hydrogen-bond acceptors (Lipinski definition) is 10. The zero-order chi connectivity index (χ0) is 20.1. The van der Waals surface area contributed by atoms with E-state index in [2.05, 4.69) is 9.97 Å². The van der Waals surface area contributed by atoms with Crippen molar-refractivity contribution in [2.24, 2.45) is 5.73 Å². The largest absolute Gasteiger partial charge is 0.456 e. The van der Waals surface area contributed by atoms with Gasteiger partial charge in [-0.3, -0.25) is 19.2 Å². The van der Waals surface area contributed by atoms with E-state index in [1.807, 2.05) is 0 Å². The maximum Gasteiger partial charge on any atom is 0.303 e. The molecule has 0 spiro atoms. The normalized spacial score (nSPS) is 24.6. The van der Waals surface area contributed by atoms with Crippen LogP contribution in [0.15, 0.2) is 6.33 Å². The molecule has 4 atom stereocenters. The van der Waals surface area contributed by atoms with Crippen LogP contribution >= 0.6 is 0 Å². The first-order chi connectivity index (χ1) is 12.7. The highest BCUT2D eigenvalue weighted by Crippen LogP contribution is 2.27. The number of esters is 3. The van der Waals surface area contributed by atoms with Crippen LogP contribution in [0.1, 0.15) is 31.3 Å². The molecular formula is C15H19N3O9. The number of nitrogens with two attached hydrogens (primary N) is 1. The summed E-state index contributed by atoms with van der Waals surface area (Å²) in [6.07, 6.45) is -3.69. The second-order valence-corrected chi connectivity index (χ2v) is 5.56. The number of carbonyl (C=O) groups excluding carboxylic acids is 4. The lowest BCUT2D eigenvalue weighted by Gasteiger charge is -2.39. The van der Waals surface area contributed by atoms with Gasteiger partial charge in [0.1, 0.15) is 0 Å². The second kappa shape index (κ2) is 8.49. The van der Waals surface area contributed by atoms with Gasteiger partial charge in [-0.05, 0) is 0 Å². The van der Waals surface area contributed by atoms with Crippen molar-refractivity contribution < 1.29 is 42.9 Å². The summed E-state index contributed by atoms with van der Waals surface area (Å²) in [5.41, 5.74) is 5.07. The summed E-state index contributed by atoms with van der Waals surface area (Å²) in [7, 11) is 0. The maximum absolute atomic E-state index is 11.5. The Morgan fingerprint density at radius 1 is 1.07 bits per heavy atom. The summed E-state index contributed by atoms with van der Waals surface area (Å²) in [5, 5.41) is 0. The van der Waals surface area contributed by atoms with Gasteiger partial charge < -0.3 is 34.4 Å². The molecule has 2 rings (SSSR count). The smallest absolute Gasteiger partial charge is 0.303 e. The standard InChI is InChI=1S/C15H19N3O9/c1-6(19)24-9-4-23-15(27-14-10(13(16)22)17-5-18-14)12(26-8(3)21)11(9)25-7(2)20/h5,9,11-12,15H,4H2,1-3H3,(H2,16,22)(H,17,18)/t9-,11-,12-,15+/m1/s1. The SMILES string of the molecule is CC(=O)O[C@H]1[C@H](Oc2nc[nH]c2C(N)=O)OC[C@@H](OC(C)=O)[C@H]1OC(C)=O. The Labute approximate surface area is 153 Å². The molecule has 0 radical (unpaired) electrons. The Hall–Kier alpha value is -3.15. The van der Waals surface area contributed by atoms with Crippen LogP contribution < -0.4 is 10.5 Å². The van der Waals surface area contributed by atoms with Crippen molar-refractivity contribution >= 4 is 23.8 Å². The van der Waals surface area contributed by atoms with Gasteiger partial charge in [0.2, 0.25) is 18.3 Å². The molecule has 1 saturated heterocycles. The first-order valence-electron chi connectivity index (χ1n) is 7.82. The highest BCUT2D eigenvalue weighted by Gasteiger charge is 2.48. The summed E-state index contributed by atoms with van der Waals surface area (Å²) < 4.78 is 26.4. The van der Waals surface area contributed by atoms with Gasteiger partial charge in [0, 0.05) is 20.8 Å². The lowest BCUT2D eigenvalue weighted by molar-refractivity contribution is -0.260. The fraction of sp³-hybridized carbons (Fsp3) is 0.533. The van der Waals surface area contributed by atoms with E-state index in [0.29, 0.717) is 0 Å². The molecule has 1 aliphatic heterocycles. The average Bonchev–Trinajstić information content (AvgIpc) is 3.00. The number of carbonyl (C=O) groups is 4. The predicted octanol–water partition coefficient (Wildman–Crippen LogP) is -0.961. The van der Waals surface area contributed by atoms with Crippen molar-refractivity contribution in [3.8, 4) is 5.88 Å². The number of nitrogens with one attached hydrogen (secondary N) is 1. The van der Waals surface area contributed by atoms with Gasteiger partial charge >= 0.3 is 17.9 Å². The van der Waals surface area contributed by atoms with Gasteiger partial charge in [0.25, 0.3) is 5.91 Å². The first-order valence-corrected chi connectivity index (χ1v) is 7.82. The summed E-state index contributed by atoms with van der Waals surface area (Å²) in [4.78, 5) is 52.0. The minimum Gasteiger partial charge on any atom is -0.456 e. The summed E-state index contributed by atoms with van der Waals surface area (Å²) in [5.74, 6) is -3.11. The molecule has 0 bridgehead atoms. The summed E-state index contributed by atoms with van der Waals surface area (Å²) in [6.45, 7) is 3.20. The van der Waals surface area contributed by atoms with Gasteiger partial charge in [0.15, 0.2) is 17.9 Å². The third-order valence-electron chi connectivity index (χ3n) is 3.38. The number of amides is 1. The molecule has 2 heterocycles. The van der Waals surface area contributed by atoms with Crippen molar-refractivity contribution in [1.82, 2.24) is 9.97 Å². The monoisotopic (exact) mass is 385 g/mol. The Morgan fingerprint density at radius 2 is 1.67 bits per heavy atom. The molecule has 27 heavy (non-hydrogen) atoms. The quantitative estimate of drug-likeness (QED) is 0.459. The molecule has 148 valence electrons. The third-order valence-corrected chi connectivity index (χ3v) is 3.38. The molecule has 1 aromatic heterocycles. The van der Waals surface area contributed by atoms with Crippen LogP contribution in [0.5, 0.6) is 5.88 Å². The Kier molecular flexibility index (Phi) is 6.34. The predicted molar refractivity (Wildman–Crippen MR) is 84.1 cm³/mol. The van der Waals surface area contributed by atoms with Crippen molar-refractivity contribution in [2.75, 3.05) is 6.61 Å². The van der Waals surface area contributed by atoms with Crippen LogP contribution in [-0.2, 0) is 33.3 Å². The Balaban J connectivity index is 2.31. The molecule has 1 aliphatic rings. The van der Waals surface area contributed by atoms with Crippen LogP contribution in [0, 0.1) is 0 Å². The summed E-state index contributed by atoms with van der Waals surface area (Å²) in [6, 6.07) is 0. The Bertz CT molecular complexity index is 732. The van der Waals surface area contributed by atoms with E-state index in [0.717, 1.165) is 20.8 Å². The third kappa shape index (κ3) is 5.17. The lowest BCUT2D eigenvalue weighted by atomic mass is 10.0. The molecule has 12 heteroatoms. The van der Waals surface area contributed by atoms with Crippen molar-refractivity contribution in [2.45, 2.75) is 45.4 Å². The van der Waals surface area contributed by atoms with Crippen molar-refractivity contribution in [3.05, 3.63) is 12.0 Å². The van der Waals surface area contributed by atoms with Gasteiger partial charge in [0.05, 0.1) is 12.9 Å². The van der Waals surface area contributed by atoms with Gasteiger partial charge in [-0.2, -0.15) is 0 Å². The van der Waals surface area contributed by atoms with Crippen molar-refractivity contribution in [3.63, 3.8) is 0 Å². The lowest BCUT2D eigenvalue weighted by Crippen LogP contribution is -2.59. The number of rotatable bonds is 6. The van der Waals surface area contributed by atoms with Gasteiger partial charge in [-0.15, -0.1) is 0 Å². The van der Waals surface area contributed by atoms with Crippen LogP contribution in [0.3, 0.4) is 0 Å². The molecule has 0 aliphatic carbocycles. The number of ether oxygens (including phenoxy) is 5. The fourth-order valence-electron chi connectivity index (χ4n) is 2.47. The second-order valence-electron chi connectivity index (χ2n) is 5.56. The van der Waals surface area contributed by atoms with Crippen molar-refractivity contribution in [1.29, 1.82) is 0 Å². The van der Waals surface area contributed by atoms with E-state index in [9.17, 15) is 19.2 Å². The van der Waals surface area contributed by atoms with Crippen LogP contribution in [-0.4, -0.2) is 65.0 Å². The summed E-state index contributed by atoms with van der Waals surface area (Å²) >= 11 is 0. The van der Waals surface area contributed by atoms with E-state index in [4.69, 9.17) is 29.4 Å². The van der Waals surface area contributed by atoms with E-state index >= 15 is 0 Å². The number of aromatic nitrogens is 2. The van der Waals surface area contributed by atoms with Crippen LogP contribution in [0.4, 0.5) is 0 Å². The number of imidazole rings is 1. The Morgan fingerprint density at radius 3 is 2.22 bits per heavy atom. The molecule has 12 nitrogen and oxygen atoms in total. The zero-order valence-corrected chi connectivity index (χ0v) is 14.8. The maximum atomic E-state index is 11.5. The number of H-pyrrole nitrogens is 1. The molecule has 0 unspecified atom stereocenters. The minimum atomic E-state index is -1.31. The molecule has 0 saturated carbocycles. The molecule has 0 aromatic carbocycles. The molecular weight excluding hydrogens is 366 g/mol.